The standard InChI is InChI=1S/C20H25NO2S/c1-15-5-8-18(9-6-15)13-21-20(22)14-24-11-10-23-19-12-16(2)4-7-17(19)3/h4-9,12H,10-11,13-14H2,1-3H3,(H,21,22). The molecule has 4 heteroatoms. The van der Waals surface area contributed by atoms with E-state index in [9.17, 15) is 4.79 Å². The van der Waals surface area contributed by atoms with E-state index in [1.807, 2.05) is 25.1 Å². The molecule has 0 fully saturated rings. The number of hydrogen-bond acceptors (Lipinski definition) is 3. The van der Waals surface area contributed by atoms with Crippen molar-refractivity contribution in [2.45, 2.75) is 27.3 Å². The first-order valence-electron chi connectivity index (χ1n) is 8.14. The Kier molecular flexibility index (Phi) is 7.19. The van der Waals surface area contributed by atoms with Gasteiger partial charge in [0.2, 0.25) is 5.91 Å². The Hall–Kier alpha value is -1.94. The van der Waals surface area contributed by atoms with Gasteiger partial charge in [0.15, 0.2) is 0 Å². The molecule has 0 spiro atoms. The summed E-state index contributed by atoms with van der Waals surface area (Å²) < 4.78 is 5.79. The molecular formula is C20H25NO2S. The molecular weight excluding hydrogens is 318 g/mol. The molecule has 0 aliphatic heterocycles. The molecule has 2 rings (SSSR count). The first kappa shape index (κ1) is 18.4. The Balaban J connectivity index is 1.60. The zero-order valence-electron chi connectivity index (χ0n) is 14.6. The number of nitrogens with one attached hydrogen (secondary N) is 1. The maximum atomic E-state index is 11.8. The van der Waals surface area contributed by atoms with E-state index in [0.717, 1.165) is 22.6 Å². The van der Waals surface area contributed by atoms with Gasteiger partial charge in [0.05, 0.1) is 12.4 Å². The first-order valence-corrected chi connectivity index (χ1v) is 9.30. The van der Waals surface area contributed by atoms with Crippen LogP contribution in [0.3, 0.4) is 0 Å². The van der Waals surface area contributed by atoms with Crippen LogP contribution in [0.1, 0.15) is 22.3 Å². The highest BCUT2D eigenvalue weighted by molar-refractivity contribution is 7.99. The van der Waals surface area contributed by atoms with Crippen molar-refractivity contribution in [3.8, 4) is 5.75 Å². The second-order valence-corrected chi connectivity index (χ2v) is 7.04. The molecule has 1 N–H and O–H groups in total. The van der Waals surface area contributed by atoms with Gasteiger partial charge < -0.3 is 10.1 Å². The Morgan fingerprint density at radius 1 is 1.04 bits per heavy atom. The van der Waals surface area contributed by atoms with Gasteiger partial charge in [-0.15, -0.1) is 11.8 Å². The summed E-state index contributed by atoms with van der Waals surface area (Å²) in [5.41, 5.74) is 4.68. The number of rotatable bonds is 8. The summed E-state index contributed by atoms with van der Waals surface area (Å²) in [6.07, 6.45) is 0. The van der Waals surface area contributed by atoms with Crippen LogP contribution in [-0.4, -0.2) is 24.0 Å². The lowest BCUT2D eigenvalue weighted by molar-refractivity contribution is -0.118. The average Bonchev–Trinajstić information content (AvgIpc) is 2.57. The monoisotopic (exact) mass is 343 g/mol. The minimum Gasteiger partial charge on any atom is -0.492 e. The van der Waals surface area contributed by atoms with Crippen LogP contribution in [0.4, 0.5) is 0 Å². The van der Waals surface area contributed by atoms with Crippen molar-refractivity contribution in [2.24, 2.45) is 0 Å². The number of benzene rings is 2. The van der Waals surface area contributed by atoms with E-state index in [2.05, 4.69) is 43.4 Å². The van der Waals surface area contributed by atoms with Crippen LogP contribution in [0.15, 0.2) is 42.5 Å². The van der Waals surface area contributed by atoms with Crippen molar-refractivity contribution in [1.29, 1.82) is 0 Å². The fourth-order valence-corrected chi connectivity index (χ4v) is 2.83. The topological polar surface area (TPSA) is 38.3 Å². The molecule has 0 saturated carbocycles. The lowest BCUT2D eigenvalue weighted by Crippen LogP contribution is -2.24. The van der Waals surface area contributed by atoms with E-state index >= 15 is 0 Å². The fourth-order valence-electron chi connectivity index (χ4n) is 2.20. The number of hydrogen-bond donors (Lipinski definition) is 1. The molecule has 0 aliphatic rings. The molecule has 0 atom stereocenters. The van der Waals surface area contributed by atoms with E-state index in [1.165, 1.54) is 11.1 Å². The maximum Gasteiger partial charge on any atom is 0.230 e. The highest BCUT2D eigenvalue weighted by Crippen LogP contribution is 2.19. The van der Waals surface area contributed by atoms with Gasteiger partial charge in [0.1, 0.15) is 5.75 Å². The molecule has 0 aliphatic carbocycles. The van der Waals surface area contributed by atoms with Gasteiger partial charge in [-0.3, -0.25) is 4.79 Å². The van der Waals surface area contributed by atoms with Gasteiger partial charge in [-0.05, 0) is 43.5 Å². The van der Waals surface area contributed by atoms with Crippen molar-refractivity contribution < 1.29 is 9.53 Å². The van der Waals surface area contributed by atoms with E-state index < -0.39 is 0 Å². The molecule has 0 bridgehead atoms. The highest BCUT2D eigenvalue weighted by Gasteiger charge is 2.03. The molecule has 2 aromatic carbocycles. The molecule has 24 heavy (non-hydrogen) atoms. The summed E-state index contributed by atoms with van der Waals surface area (Å²) in [6.45, 7) is 7.35. The van der Waals surface area contributed by atoms with E-state index in [-0.39, 0.29) is 5.91 Å². The Bertz CT molecular complexity index is 668. The molecule has 0 aromatic heterocycles. The minimum absolute atomic E-state index is 0.0623. The number of amides is 1. The van der Waals surface area contributed by atoms with Gasteiger partial charge in [-0.2, -0.15) is 0 Å². The van der Waals surface area contributed by atoms with E-state index in [4.69, 9.17) is 4.74 Å². The van der Waals surface area contributed by atoms with Crippen LogP contribution in [0, 0.1) is 20.8 Å². The molecule has 0 radical (unpaired) electrons. The second-order valence-electron chi connectivity index (χ2n) is 5.93. The van der Waals surface area contributed by atoms with Crippen LogP contribution in [-0.2, 0) is 11.3 Å². The summed E-state index contributed by atoms with van der Waals surface area (Å²) in [6, 6.07) is 14.4. The highest BCUT2D eigenvalue weighted by atomic mass is 32.2. The van der Waals surface area contributed by atoms with Gasteiger partial charge in [-0.1, -0.05) is 42.0 Å². The van der Waals surface area contributed by atoms with Crippen molar-refractivity contribution in [3.05, 3.63) is 64.7 Å². The molecule has 0 saturated heterocycles. The van der Waals surface area contributed by atoms with Gasteiger partial charge in [-0.25, -0.2) is 0 Å². The summed E-state index contributed by atoms with van der Waals surface area (Å²) in [5.74, 6) is 2.25. The maximum absolute atomic E-state index is 11.8. The Labute approximate surface area is 148 Å². The normalized spacial score (nSPS) is 10.5. The van der Waals surface area contributed by atoms with Gasteiger partial charge in [0, 0.05) is 12.3 Å². The molecule has 0 unspecified atom stereocenters. The molecule has 2 aromatic rings. The minimum atomic E-state index is 0.0623. The van der Waals surface area contributed by atoms with Crippen molar-refractivity contribution in [2.75, 3.05) is 18.1 Å². The molecule has 1 amide bonds. The fraction of sp³-hybridized carbons (Fsp3) is 0.350. The third-order valence-corrected chi connectivity index (χ3v) is 4.59. The SMILES string of the molecule is Cc1ccc(CNC(=O)CSCCOc2cc(C)ccc2C)cc1. The molecule has 3 nitrogen and oxygen atoms in total. The summed E-state index contributed by atoms with van der Waals surface area (Å²) in [4.78, 5) is 11.8. The molecule has 128 valence electrons. The third kappa shape index (κ3) is 6.28. The van der Waals surface area contributed by atoms with Gasteiger partial charge >= 0.3 is 0 Å². The van der Waals surface area contributed by atoms with Gasteiger partial charge in [0.25, 0.3) is 0 Å². The number of carbonyl (C=O) groups excluding carboxylic acids is 1. The summed E-state index contributed by atoms with van der Waals surface area (Å²) in [7, 11) is 0. The predicted octanol–water partition coefficient (Wildman–Crippen LogP) is 4.04. The van der Waals surface area contributed by atoms with Crippen LogP contribution < -0.4 is 10.1 Å². The van der Waals surface area contributed by atoms with Crippen molar-refractivity contribution >= 4 is 17.7 Å². The van der Waals surface area contributed by atoms with Crippen LogP contribution in [0.2, 0.25) is 0 Å². The Morgan fingerprint density at radius 3 is 2.50 bits per heavy atom. The second kappa shape index (κ2) is 9.38. The summed E-state index contributed by atoms with van der Waals surface area (Å²) >= 11 is 1.59. The summed E-state index contributed by atoms with van der Waals surface area (Å²) in [5, 5.41) is 2.94. The third-order valence-electron chi connectivity index (χ3n) is 3.67. The number of carbonyl (C=O) groups is 1. The lowest BCUT2D eigenvalue weighted by atomic mass is 10.1. The number of aryl methyl sites for hydroxylation is 3. The smallest absolute Gasteiger partial charge is 0.230 e. The van der Waals surface area contributed by atoms with Crippen LogP contribution in [0.25, 0.3) is 0 Å². The Morgan fingerprint density at radius 2 is 1.75 bits per heavy atom. The average molecular weight is 343 g/mol. The van der Waals surface area contributed by atoms with Crippen molar-refractivity contribution in [3.63, 3.8) is 0 Å². The van der Waals surface area contributed by atoms with E-state index in [1.54, 1.807) is 11.8 Å². The van der Waals surface area contributed by atoms with Crippen LogP contribution in [0.5, 0.6) is 5.75 Å². The first-order chi connectivity index (χ1) is 11.5. The quantitative estimate of drug-likeness (QED) is 0.735. The van der Waals surface area contributed by atoms with E-state index in [0.29, 0.717) is 18.9 Å². The zero-order chi connectivity index (χ0) is 17.4. The lowest BCUT2D eigenvalue weighted by Gasteiger charge is -2.10. The van der Waals surface area contributed by atoms with Crippen molar-refractivity contribution in [1.82, 2.24) is 5.32 Å². The molecule has 0 heterocycles. The number of ether oxygens (including phenoxy) is 1. The zero-order valence-corrected chi connectivity index (χ0v) is 15.4. The largest absolute Gasteiger partial charge is 0.492 e. The predicted molar refractivity (Wildman–Crippen MR) is 102 cm³/mol. The number of thioether (sulfide) groups is 1. The van der Waals surface area contributed by atoms with Crippen LogP contribution >= 0.6 is 11.8 Å².